The Labute approximate surface area is 304 Å². The van der Waals surface area contributed by atoms with Crippen molar-refractivity contribution in [2.75, 3.05) is 0 Å². The van der Waals surface area contributed by atoms with Gasteiger partial charge in [-0.1, -0.05) is 0 Å². The van der Waals surface area contributed by atoms with E-state index < -0.39 is 24.7 Å². The Kier molecular flexibility index (Phi) is 9.94. The van der Waals surface area contributed by atoms with Crippen molar-refractivity contribution in [1.82, 2.24) is 0 Å². The first-order valence-electron chi connectivity index (χ1n) is 18.1. The standard InChI is InChI=1S/C27H27Si.3C7H7.Ti/c1-20-21(2)23(4)27(22(20)3)28(24-14-8-5-9-15-24,25-16-10-6-11-17-25)26-18-12-7-13-19-26;3*1-7-5-3-2-4-6-7;/h5-19H,1-4H3;3*2-6H,1H2;. The maximum atomic E-state index is 2.55. The van der Waals surface area contributed by atoms with Crippen LogP contribution in [0.4, 0.5) is 0 Å². The molecule has 0 saturated carbocycles. The van der Waals surface area contributed by atoms with Crippen molar-refractivity contribution in [2.24, 2.45) is 0 Å². The summed E-state index contributed by atoms with van der Waals surface area (Å²) in [5, 5.41) is 4.51. The Hall–Kier alpha value is -4.27. The molecule has 0 bridgehead atoms. The summed E-state index contributed by atoms with van der Waals surface area (Å²) in [6, 6.07) is 69.8. The molecule has 0 aliphatic heterocycles. The van der Waals surface area contributed by atoms with E-state index in [-0.39, 0.29) is 3.34 Å². The molecule has 0 saturated heterocycles. The van der Waals surface area contributed by atoms with Gasteiger partial charge in [0.25, 0.3) is 0 Å². The molecular formula is C48H48SiTi. The Morgan fingerprint density at radius 2 is 0.600 bits per heavy atom. The fraction of sp³-hybridized carbons (Fsp3) is 0.167. The van der Waals surface area contributed by atoms with Crippen LogP contribution in [0, 0.1) is 0 Å². The first-order chi connectivity index (χ1) is 24.4. The second-order valence-electron chi connectivity index (χ2n) is 14.4. The molecule has 0 nitrogen and oxygen atoms in total. The fourth-order valence-electron chi connectivity index (χ4n) is 9.92. The van der Waals surface area contributed by atoms with Crippen LogP contribution in [0.25, 0.3) is 0 Å². The van der Waals surface area contributed by atoms with Crippen LogP contribution in [0.5, 0.6) is 0 Å². The molecule has 7 rings (SSSR count). The van der Waals surface area contributed by atoms with E-state index in [4.69, 9.17) is 0 Å². The molecule has 1 aliphatic rings. The van der Waals surface area contributed by atoms with Crippen molar-refractivity contribution in [3.63, 3.8) is 0 Å². The Balaban J connectivity index is 1.74. The Morgan fingerprint density at radius 1 is 0.360 bits per heavy atom. The first-order valence-corrected chi connectivity index (χ1v) is 24.2. The minimum absolute atomic E-state index is 0.160. The molecule has 0 heterocycles. The molecule has 0 aromatic heterocycles. The quantitative estimate of drug-likeness (QED) is 0.0933. The summed E-state index contributed by atoms with van der Waals surface area (Å²) in [7, 11) is -2.98. The summed E-state index contributed by atoms with van der Waals surface area (Å²) in [4.78, 5) is 0. The third kappa shape index (κ3) is 5.66. The molecule has 0 radical (unpaired) electrons. The molecule has 0 spiro atoms. The van der Waals surface area contributed by atoms with Gasteiger partial charge in [0.15, 0.2) is 0 Å². The number of rotatable bonds is 11. The zero-order chi connectivity index (χ0) is 34.6. The van der Waals surface area contributed by atoms with E-state index in [1.807, 2.05) is 0 Å². The van der Waals surface area contributed by atoms with Gasteiger partial charge in [0.05, 0.1) is 0 Å². The summed E-state index contributed by atoms with van der Waals surface area (Å²) < 4.78 is 3.22. The van der Waals surface area contributed by atoms with Gasteiger partial charge in [-0.2, -0.15) is 0 Å². The second-order valence-corrected chi connectivity index (χ2v) is 26.0. The van der Waals surface area contributed by atoms with Gasteiger partial charge < -0.3 is 0 Å². The van der Waals surface area contributed by atoms with Crippen LogP contribution >= 0.6 is 0 Å². The monoisotopic (exact) mass is 700 g/mol. The molecule has 0 amide bonds. The number of allylic oxidation sites excluding steroid dienone is 4. The van der Waals surface area contributed by atoms with Crippen LogP contribution in [0.3, 0.4) is 0 Å². The first kappa shape index (κ1) is 34.2. The van der Waals surface area contributed by atoms with Gasteiger partial charge in [-0.25, -0.2) is 0 Å². The summed E-state index contributed by atoms with van der Waals surface area (Å²) in [6.07, 6.45) is 0. The predicted molar refractivity (Wildman–Crippen MR) is 214 cm³/mol. The summed E-state index contributed by atoms with van der Waals surface area (Å²) in [5.74, 6) is 0. The van der Waals surface area contributed by atoms with Crippen molar-refractivity contribution in [3.8, 4) is 0 Å². The fourth-order valence-corrected chi connectivity index (χ4v) is 33.1. The number of benzene rings is 6. The van der Waals surface area contributed by atoms with Gasteiger partial charge in [-0.3, -0.25) is 0 Å². The third-order valence-electron chi connectivity index (χ3n) is 11.9. The van der Waals surface area contributed by atoms with Crippen molar-refractivity contribution in [1.29, 1.82) is 0 Å². The van der Waals surface area contributed by atoms with Gasteiger partial charge in [0.2, 0.25) is 0 Å². The molecule has 2 heteroatoms. The summed E-state index contributed by atoms with van der Waals surface area (Å²) in [6.45, 7) is 9.95. The van der Waals surface area contributed by atoms with Crippen LogP contribution < -0.4 is 15.6 Å². The third-order valence-corrected chi connectivity index (χ3v) is 30.1. The molecule has 6 aromatic carbocycles. The topological polar surface area (TPSA) is 0 Å². The van der Waals surface area contributed by atoms with Gasteiger partial charge in [0.1, 0.15) is 0 Å². The molecule has 0 fully saturated rings. The van der Waals surface area contributed by atoms with Crippen LogP contribution in [-0.4, -0.2) is 8.07 Å². The summed E-state index contributed by atoms with van der Waals surface area (Å²) >= 11 is -3.53. The van der Waals surface area contributed by atoms with Gasteiger partial charge in [-0.15, -0.1) is 0 Å². The van der Waals surface area contributed by atoms with Crippen LogP contribution in [0.15, 0.2) is 204 Å². The van der Waals surface area contributed by atoms with Crippen molar-refractivity contribution in [3.05, 3.63) is 221 Å². The molecule has 50 heavy (non-hydrogen) atoms. The maximum absolute atomic E-state index is 3.53. The molecule has 0 N–H and O–H groups in total. The van der Waals surface area contributed by atoms with Crippen LogP contribution in [-0.2, 0) is 30.8 Å². The zero-order valence-corrected chi connectivity index (χ0v) is 32.5. The molecule has 0 unspecified atom stereocenters. The Bertz CT molecular complexity index is 1860. The molecule has 248 valence electrons. The van der Waals surface area contributed by atoms with E-state index in [2.05, 4.69) is 210 Å². The molecular weight excluding hydrogens is 652 g/mol. The van der Waals surface area contributed by atoms with E-state index in [0.29, 0.717) is 0 Å². The van der Waals surface area contributed by atoms with Crippen molar-refractivity contribution < 1.29 is 16.6 Å². The van der Waals surface area contributed by atoms with E-state index in [1.165, 1.54) is 43.4 Å². The van der Waals surface area contributed by atoms with E-state index in [9.17, 15) is 0 Å². The number of hydrogen-bond acceptors (Lipinski definition) is 0. The van der Waals surface area contributed by atoms with Crippen LogP contribution in [0.1, 0.15) is 44.4 Å². The van der Waals surface area contributed by atoms with Gasteiger partial charge in [0, 0.05) is 0 Å². The van der Waals surface area contributed by atoms with E-state index >= 15 is 0 Å². The van der Waals surface area contributed by atoms with Crippen LogP contribution in [0.2, 0.25) is 3.34 Å². The normalized spacial score (nSPS) is 14.6. The molecule has 6 aromatic rings. The van der Waals surface area contributed by atoms with E-state index in [0.717, 1.165) is 14.2 Å². The van der Waals surface area contributed by atoms with Gasteiger partial charge >= 0.3 is 306 Å². The van der Waals surface area contributed by atoms with Crippen molar-refractivity contribution in [2.45, 2.75) is 45.2 Å². The second kappa shape index (κ2) is 14.5. The average Bonchev–Trinajstić information content (AvgIpc) is 3.34. The SMILES string of the molecule is CC1=C(C)[C]([Si](c2ccccc2)(c2ccccc2)c2ccccc2)([Ti]([CH2]c2ccccc2)([CH2]c2ccccc2)[CH2]c2ccccc2)C(C)=C1C. The average molecular weight is 701 g/mol. The predicted octanol–water partition coefficient (Wildman–Crippen LogP) is 10.3. The van der Waals surface area contributed by atoms with E-state index in [1.54, 1.807) is 11.1 Å². The Morgan fingerprint density at radius 3 is 0.860 bits per heavy atom. The van der Waals surface area contributed by atoms with Crippen molar-refractivity contribution >= 4 is 23.6 Å². The molecule has 1 aliphatic carbocycles. The minimum atomic E-state index is -3.53. The summed E-state index contributed by atoms with van der Waals surface area (Å²) in [5.41, 5.74) is 10.6. The zero-order valence-electron chi connectivity index (χ0n) is 29.9. The van der Waals surface area contributed by atoms with Gasteiger partial charge in [-0.05, 0) is 0 Å². The molecule has 0 atom stereocenters. The number of hydrogen-bond donors (Lipinski definition) is 0.